The molecular formula is C23H22N4O. The van der Waals surface area contributed by atoms with Crippen LogP contribution in [0.25, 0.3) is 16.7 Å². The smallest absolute Gasteiger partial charge is 0.256 e. The van der Waals surface area contributed by atoms with Crippen LogP contribution in [0.5, 0.6) is 0 Å². The van der Waals surface area contributed by atoms with Crippen molar-refractivity contribution in [1.82, 2.24) is 14.8 Å². The van der Waals surface area contributed by atoms with E-state index in [-0.39, 0.29) is 5.91 Å². The van der Waals surface area contributed by atoms with E-state index in [2.05, 4.69) is 23.4 Å². The number of rotatable bonds is 3. The minimum atomic E-state index is -0.165. The molecule has 1 amide bonds. The molecule has 0 saturated carbocycles. The lowest BCUT2D eigenvalue weighted by Gasteiger charge is -2.11. The number of benzene rings is 2. The molecule has 140 valence electrons. The SMILES string of the molecule is Cc1cc(NC(=O)c2ccc(C)c(C)c2)n(-c2cc(C)c3ccccc3n2)n1. The van der Waals surface area contributed by atoms with Crippen molar-refractivity contribution in [3.05, 3.63) is 82.5 Å². The second kappa shape index (κ2) is 6.93. The first-order valence-corrected chi connectivity index (χ1v) is 9.24. The van der Waals surface area contributed by atoms with Crippen LogP contribution in [0, 0.1) is 27.7 Å². The van der Waals surface area contributed by atoms with Gasteiger partial charge in [-0.15, -0.1) is 0 Å². The number of aryl methyl sites for hydroxylation is 4. The van der Waals surface area contributed by atoms with E-state index in [1.807, 2.05) is 69.3 Å². The van der Waals surface area contributed by atoms with Crippen molar-refractivity contribution in [1.29, 1.82) is 0 Å². The van der Waals surface area contributed by atoms with E-state index in [9.17, 15) is 4.79 Å². The van der Waals surface area contributed by atoms with Crippen LogP contribution in [-0.2, 0) is 0 Å². The summed E-state index contributed by atoms with van der Waals surface area (Å²) in [5.41, 5.74) is 5.69. The van der Waals surface area contributed by atoms with Crippen molar-refractivity contribution >= 4 is 22.6 Å². The highest BCUT2D eigenvalue weighted by Crippen LogP contribution is 2.23. The van der Waals surface area contributed by atoms with Gasteiger partial charge in [0.25, 0.3) is 5.91 Å². The topological polar surface area (TPSA) is 59.8 Å². The number of hydrogen-bond acceptors (Lipinski definition) is 3. The fourth-order valence-corrected chi connectivity index (χ4v) is 3.27. The molecule has 4 rings (SSSR count). The Morgan fingerprint density at radius 1 is 0.893 bits per heavy atom. The Morgan fingerprint density at radius 3 is 2.46 bits per heavy atom. The fraction of sp³-hybridized carbons (Fsp3) is 0.174. The summed E-state index contributed by atoms with van der Waals surface area (Å²) in [4.78, 5) is 17.5. The van der Waals surface area contributed by atoms with E-state index in [4.69, 9.17) is 4.98 Å². The van der Waals surface area contributed by atoms with Crippen molar-refractivity contribution in [2.24, 2.45) is 0 Å². The molecule has 2 aromatic carbocycles. The van der Waals surface area contributed by atoms with Gasteiger partial charge in [-0.05, 0) is 68.7 Å². The zero-order valence-electron chi connectivity index (χ0n) is 16.4. The lowest BCUT2D eigenvalue weighted by molar-refractivity contribution is 0.102. The number of hydrogen-bond donors (Lipinski definition) is 1. The summed E-state index contributed by atoms with van der Waals surface area (Å²) in [5.74, 6) is 1.12. The third-order valence-electron chi connectivity index (χ3n) is 4.97. The summed E-state index contributed by atoms with van der Waals surface area (Å²) in [6.07, 6.45) is 0. The van der Waals surface area contributed by atoms with Gasteiger partial charge in [-0.25, -0.2) is 4.98 Å². The third kappa shape index (κ3) is 3.27. The van der Waals surface area contributed by atoms with Gasteiger partial charge in [0.05, 0.1) is 11.2 Å². The largest absolute Gasteiger partial charge is 0.306 e. The van der Waals surface area contributed by atoms with Crippen LogP contribution in [0.4, 0.5) is 5.82 Å². The molecule has 0 aliphatic carbocycles. The number of amides is 1. The van der Waals surface area contributed by atoms with Crippen LogP contribution in [-0.4, -0.2) is 20.7 Å². The molecule has 0 aliphatic rings. The van der Waals surface area contributed by atoms with Crippen molar-refractivity contribution in [3.8, 4) is 5.82 Å². The number of aromatic nitrogens is 3. The monoisotopic (exact) mass is 370 g/mol. The van der Waals surface area contributed by atoms with Crippen LogP contribution in [0.15, 0.2) is 54.6 Å². The van der Waals surface area contributed by atoms with E-state index in [1.165, 1.54) is 0 Å². The molecule has 0 radical (unpaired) electrons. The van der Waals surface area contributed by atoms with Gasteiger partial charge in [-0.3, -0.25) is 4.79 Å². The second-order valence-corrected chi connectivity index (χ2v) is 7.15. The summed E-state index contributed by atoms with van der Waals surface area (Å²) in [5, 5.41) is 8.64. The highest BCUT2D eigenvalue weighted by Gasteiger charge is 2.15. The molecule has 2 heterocycles. The minimum absolute atomic E-state index is 0.165. The number of anilines is 1. The molecule has 5 heteroatoms. The van der Waals surface area contributed by atoms with Crippen LogP contribution in [0.2, 0.25) is 0 Å². The summed E-state index contributed by atoms with van der Waals surface area (Å²) >= 11 is 0. The molecule has 0 saturated heterocycles. The Morgan fingerprint density at radius 2 is 1.68 bits per heavy atom. The maximum Gasteiger partial charge on any atom is 0.256 e. The van der Waals surface area contributed by atoms with Gasteiger partial charge in [-0.2, -0.15) is 9.78 Å². The number of para-hydroxylation sites is 1. The number of fused-ring (bicyclic) bond motifs is 1. The predicted molar refractivity (Wildman–Crippen MR) is 112 cm³/mol. The summed E-state index contributed by atoms with van der Waals surface area (Å²) in [6.45, 7) is 7.98. The van der Waals surface area contributed by atoms with Crippen molar-refractivity contribution in [2.45, 2.75) is 27.7 Å². The Balaban J connectivity index is 1.73. The molecule has 0 atom stereocenters. The molecule has 0 aliphatic heterocycles. The average Bonchev–Trinajstić information content (AvgIpc) is 3.04. The van der Waals surface area contributed by atoms with Crippen LogP contribution < -0.4 is 5.32 Å². The first-order valence-electron chi connectivity index (χ1n) is 9.24. The molecule has 28 heavy (non-hydrogen) atoms. The van der Waals surface area contributed by atoms with E-state index in [0.717, 1.165) is 33.3 Å². The average molecular weight is 370 g/mol. The molecule has 4 aromatic rings. The lowest BCUT2D eigenvalue weighted by atomic mass is 10.1. The molecule has 0 unspecified atom stereocenters. The number of nitrogens with one attached hydrogen (secondary N) is 1. The molecule has 1 N–H and O–H groups in total. The summed E-state index contributed by atoms with van der Waals surface area (Å²) in [7, 11) is 0. The molecule has 0 bridgehead atoms. The number of carbonyl (C=O) groups excluding carboxylic acids is 1. The maximum absolute atomic E-state index is 12.8. The van der Waals surface area contributed by atoms with E-state index in [0.29, 0.717) is 17.2 Å². The standard InChI is InChI=1S/C23H22N4O/c1-14-9-10-18(11-15(14)2)23(28)25-22-13-17(4)26-27(22)21-12-16(3)19-7-5-6-8-20(19)24-21/h5-13H,1-4H3,(H,25,28). The van der Waals surface area contributed by atoms with Crippen molar-refractivity contribution in [2.75, 3.05) is 5.32 Å². The maximum atomic E-state index is 12.8. The Labute approximate surface area is 164 Å². The first kappa shape index (κ1) is 17.9. The van der Waals surface area contributed by atoms with Gasteiger partial charge in [0.2, 0.25) is 0 Å². The third-order valence-corrected chi connectivity index (χ3v) is 4.97. The quantitative estimate of drug-likeness (QED) is 0.558. The molecule has 2 aromatic heterocycles. The van der Waals surface area contributed by atoms with Gasteiger partial charge in [-0.1, -0.05) is 24.3 Å². The minimum Gasteiger partial charge on any atom is -0.306 e. The highest BCUT2D eigenvalue weighted by molar-refractivity contribution is 6.04. The van der Waals surface area contributed by atoms with Crippen molar-refractivity contribution < 1.29 is 4.79 Å². The van der Waals surface area contributed by atoms with Gasteiger partial charge < -0.3 is 5.32 Å². The lowest BCUT2D eigenvalue weighted by Crippen LogP contribution is -2.16. The normalized spacial score (nSPS) is 11.0. The fourth-order valence-electron chi connectivity index (χ4n) is 3.27. The number of carbonyl (C=O) groups is 1. The first-order chi connectivity index (χ1) is 13.4. The Kier molecular flexibility index (Phi) is 4.43. The Hall–Kier alpha value is -3.47. The van der Waals surface area contributed by atoms with Crippen LogP contribution >= 0.6 is 0 Å². The zero-order valence-corrected chi connectivity index (χ0v) is 16.4. The number of nitrogens with zero attached hydrogens (tertiary/aromatic N) is 3. The van der Waals surface area contributed by atoms with Crippen LogP contribution in [0.1, 0.15) is 32.7 Å². The van der Waals surface area contributed by atoms with E-state index >= 15 is 0 Å². The van der Waals surface area contributed by atoms with Gasteiger partial charge in [0.15, 0.2) is 5.82 Å². The van der Waals surface area contributed by atoms with Gasteiger partial charge >= 0.3 is 0 Å². The zero-order chi connectivity index (χ0) is 19.8. The summed E-state index contributed by atoms with van der Waals surface area (Å²) < 4.78 is 1.69. The van der Waals surface area contributed by atoms with Crippen LogP contribution in [0.3, 0.4) is 0 Å². The second-order valence-electron chi connectivity index (χ2n) is 7.15. The molecule has 0 fully saturated rings. The highest BCUT2D eigenvalue weighted by atomic mass is 16.1. The van der Waals surface area contributed by atoms with E-state index < -0.39 is 0 Å². The molecular weight excluding hydrogens is 348 g/mol. The molecule has 0 spiro atoms. The van der Waals surface area contributed by atoms with Gasteiger partial charge in [0, 0.05) is 17.0 Å². The predicted octanol–water partition coefficient (Wildman–Crippen LogP) is 4.91. The van der Waals surface area contributed by atoms with Crippen molar-refractivity contribution in [3.63, 3.8) is 0 Å². The Bertz CT molecular complexity index is 1210. The van der Waals surface area contributed by atoms with E-state index in [1.54, 1.807) is 4.68 Å². The molecule has 5 nitrogen and oxygen atoms in total. The summed E-state index contributed by atoms with van der Waals surface area (Å²) in [6, 6.07) is 17.5. The van der Waals surface area contributed by atoms with Gasteiger partial charge in [0.1, 0.15) is 5.82 Å². The number of pyridine rings is 1.